The maximum atomic E-state index is 13.6. The van der Waals surface area contributed by atoms with E-state index < -0.39 is 195 Å². The number of H-pyrrole nitrogens is 4. The largest absolute Gasteiger partial charge is 0.493 e. The predicted octanol–water partition coefficient (Wildman–Crippen LogP) is 11.3. The Kier molecular flexibility index (Phi) is 25.9. The van der Waals surface area contributed by atoms with Crippen LogP contribution >= 0.6 is 0 Å². The maximum Gasteiger partial charge on any atom is 0.277 e. The van der Waals surface area contributed by atoms with E-state index >= 15 is 0 Å². The van der Waals surface area contributed by atoms with Gasteiger partial charge in [-0.1, -0.05) is 81.1 Å². The number of fused-ring (bicyclic) bond motifs is 4. The summed E-state index contributed by atoms with van der Waals surface area (Å²) in [6, 6.07) is 9.79. The number of nitrogens with one attached hydrogen (secondary N) is 8. The Hall–Kier alpha value is -11.0. The molecule has 0 spiro atoms. The molecule has 5 unspecified atom stereocenters. The highest BCUT2D eigenvalue weighted by atomic mass is 32.2. The first-order valence-electron chi connectivity index (χ1n) is 63.0. The van der Waals surface area contributed by atoms with Gasteiger partial charge in [-0.05, 0) is 255 Å². The Labute approximate surface area is 886 Å². The molecule has 8 aromatic heterocycles. The summed E-state index contributed by atoms with van der Waals surface area (Å²) in [4.78, 5) is 83.3. The number of aryl methyl sites for hydroxylation is 8. The third-order valence-corrected chi connectivity index (χ3v) is 28.4. The molecule has 12 aromatic rings. The molecule has 44 heteroatoms. The Morgan fingerprint density at radius 3 is 0.910 bits per heavy atom. The number of rotatable bonds is 44. The first-order valence-corrected chi connectivity index (χ1v) is 53.4. The number of hydrogen-bond donors (Lipinski definition) is 8. The van der Waals surface area contributed by atoms with Gasteiger partial charge in [0.1, 0.15) is 68.4 Å². The van der Waals surface area contributed by atoms with Crippen molar-refractivity contribution in [3.8, 4) is 68.5 Å². The summed E-state index contributed by atoms with van der Waals surface area (Å²) >= 11 is 0. The van der Waals surface area contributed by atoms with Crippen molar-refractivity contribution < 1.29 is 95.1 Å². The lowest BCUT2D eigenvalue weighted by Crippen LogP contribution is -2.31. The molecule has 4 aromatic carbocycles. The van der Waals surface area contributed by atoms with E-state index in [9.17, 15) is 52.8 Å². The van der Waals surface area contributed by atoms with Crippen molar-refractivity contribution in [1.82, 2.24) is 117 Å². The van der Waals surface area contributed by atoms with Crippen molar-refractivity contribution in [3.63, 3.8) is 0 Å². The maximum absolute atomic E-state index is 13.6. The summed E-state index contributed by atoms with van der Waals surface area (Å²) in [7, 11) is -12.3. The van der Waals surface area contributed by atoms with Crippen molar-refractivity contribution >= 4 is 84.2 Å². The minimum atomic E-state index is -4.81. The van der Waals surface area contributed by atoms with Gasteiger partial charge in [-0.25, -0.2) is 72.5 Å². The smallest absolute Gasteiger partial charge is 0.277 e. The molecule has 0 aliphatic carbocycles. The first kappa shape index (κ1) is 74.8. The van der Waals surface area contributed by atoms with E-state index in [2.05, 4.69) is 65.0 Å². The van der Waals surface area contributed by atoms with E-state index in [1.54, 1.807) is 32.5 Å². The van der Waals surface area contributed by atoms with Gasteiger partial charge in [0.2, 0.25) is 40.1 Å². The zero-order valence-corrected chi connectivity index (χ0v) is 85.3. The molecule has 4 fully saturated rings. The highest BCUT2D eigenvalue weighted by molar-refractivity contribution is 7.90. The van der Waals surface area contributed by atoms with Crippen LogP contribution in [-0.2, 0) is 93.8 Å². The molecule has 40 nitrogen and oxygen atoms in total. The fraction of sp³-hybridized carbons (Fsp3) is 0.560. The highest BCUT2D eigenvalue weighted by Crippen LogP contribution is 2.38. The van der Waals surface area contributed by atoms with E-state index in [1.165, 1.54) is 94.5 Å². The first-order chi connectivity index (χ1) is 80.9. The van der Waals surface area contributed by atoms with Gasteiger partial charge in [0, 0.05) is 121 Å². The SMILES string of the molecule is [2H]C(NS(=O)(=O)c1ccc(OCCC)c(-c2nc3c(C([2H])([2H])CC)nn(C)c3c(=O)[nH]2)c1)C([2H])([2H])C1CCCN1C([2H])([2H])[2H].[2H]C([2H])(CC)c1nn(C)c2c(=O)[nH]c(-c3cc(S(=O)(=O)NC([2H])([2H])C([2H])([2H])C4CCCN4C([2H])([2H])[2H])ccc3OCCC)nc12.[2H]C([2H])(CC)c1nn(C)c2c(=O)[nH]c(-c3cc(S(=O)(=O)NCC([2H])([2H])C4CCCN4C([2H])([2H])[2H])ccc3OCCC)nc12.[2H]C([2H])([2H])N1CCCC1C([2H])([2H])C([2H])([2H])NS(=O)(=O)c1ccc(OCCC)c(-c2nc3c(CCC)nn(C)c3c(=O)[nH]2)c1. The van der Waals surface area contributed by atoms with Crippen LogP contribution in [0, 0.1) is 0 Å². The molecule has 8 N–H and O–H groups in total. The molecule has 144 heavy (non-hydrogen) atoms. The molecule has 0 saturated carbocycles. The molecular formula is C100H144N24O16S4. The summed E-state index contributed by atoms with van der Waals surface area (Å²) < 4.78 is 397. The molecule has 5 atom stereocenters. The standard InChI is InChI=1S/4C25H36N6O4S/c4*1-5-8-20-22-23(31(4)29-20)25(32)28-24(27-22)19-16-18(10-11-21(19)35-15-6-2)36(33,34)26-13-12-17-9-7-14-30(17)3/h4*10-11,16-17,26H,5-9,12-15H2,1-4H3,(H,27,28,32)/i3D3,8D2,12D2,13D2;3D3,8D2,12D2,13D;3D3,12D2,13D2;3D3,8D2,12D2. The van der Waals surface area contributed by atoms with Crippen molar-refractivity contribution in [1.29, 1.82) is 0 Å². The van der Waals surface area contributed by atoms with Gasteiger partial charge in [-0.2, -0.15) is 20.4 Å². The summed E-state index contributed by atoms with van der Waals surface area (Å²) in [6.45, 7) is -4.02. The number of ether oxygens (including phenoxy) is 4. The van der Waals surface area contributed by atoms with Crippen LogP contribution in [0.1, 0.15) is 249 Å². The number of aromatic amines is 4. The third-order valence-electron chi connectivity index (χ3n) is 23.2. The van der Waals surface area contributed by atoms with Gasteiger partial charge in [-0.3, -0.25) is 37.9 Å². The molecule has 0 radical (unpaired) electrons. The average molecular weight is 2100 g/mol. The summed E-state index contributed by atoms with van der Waals surface area (Å²) in [5.74, 6) is 0.441. The Morgan fingerprint density at radius 1 is 0.354 bits per heavy atom. The van der Waals surface area contributed by atoms with E-state index in [0.717, 1.165) is 44.2 Å². The minimum absolute atomic E-state index is 0.0000962. The van der Waals surface area contributed by atoms with E-state index in [0.29, 0.717) is 69.0 Å². The Bertz CT molecular complexity index is 8720. The molecular weight excluding hydrogens is 1920 g/mol. The average Bonchev–Trinajstić information content (AvgIpc) is 1.66. The van der Waals surface area contributed by atoms with Crippen LogP contribution < -0.4 is 60.1 Å². The van der Waals surface area contributed by atoms with Crippen LogP contribution in [0.25, 0.3) is 89.7 Å². The van der Waals surface area contributed by atoms with Gasteiger partial charge in [0.15, 0.2) is 22.1 Å². The van der Waals surface area contributed by atoms with Crippen LogP contribution in [0.15, 0.2) is 112 Å². The molecule has 4 saturated heterocycles. The van der Waals surface area contributed by atoms with Crippen LogP contribution in [0.4, 0.5) is 0 Å². The predicted molar refractivity (Wildman–Crippen MR) is 559 cm³/mol. The van der Waals surface area contributed by atoms with E-state index in [4.69, 9.17) is 61.4 Å². The number of likely N-dealkylation sites (tertiary alicyclic amines) is 4. The Morgan fingerprint density at radius 2 is 0.625 bits per heavy atom. The lowest BCUT2D eigenvalue weighted by Gasteiger charge is -2.19. The second-order valence-corrected chi connectivity index (χ2v) is 40.8. The quantitative estimate of drug-likeness (QED) is 0.0176. The van der Waals surface area contributed by atoms with Gasteiger partial charge < -0.3 is 58.5 Å². The number of aromatic nitrogens is 16. The Balaban J connectivity index is 0.000000190. The fourth-order valence-corrected chi connectivity index (χ4v) is 19.7. The van der Waals surface area contributed by atoms with Gasteiger partial charge >= 0.3 is 0 Å². The number of hydrogen-bond acceptors (Lipinski definition) is 28. The molecule has 4 aliphatic rings. The van der Waals surface area contributed by atoms with Crippen molar-refractivity contribution in [2.75, 3.05) is 107 Å². The molecule has 16 rings (SSSR count). The van der Waals surface area contributed by atoms with Crippen LogP contribution in [-0.4, -0.2) is 263 Å². The molecule has 0 bridgehead atoms. The molecule has 784 valence electrons. The second-order valence-electron chi connectivity index (χ2n) is 33.9. The number of nitrogens with zero attached hydrogens (tertiary/aromatic N) is 16. The zero-order valence-electron chi connectivity index (χ0n) is 113. The lowest BCUT2D eigenvalue weighted by atomic mass is 10.1. The lowest BCUT2D eigenvalue weighted by molar-refractivity contribution is 0.297. The van der Waals surface area contributed by atoms with Crippen molar-refractivity contribution in [3.05, 3.63) is 137 Å². The highest BCUT2D eigenvalue weighted by Gasteiger charge is 2.32. The zero-order chi connectivity index (χ0) is 130. The number of benzene rings is 4. The van der Waals surface area contributed by atoms with Crippen LogP contribution in [0.2, 0.25) is 0 Å². The normalized spacial score (nSPS) is 21.4. The summed E-state index contributed by atoms with van der Waals surface area (Å²) in [5.41, 5.74) is -0.989. The van der Waals surface area contributed by atoms with Gasteiger partial charge in [0.05, 0.1) is 91.0 Å². The van der Waals surface area contributed by atoms with Gasteiger partial charge in [-0.15, -0.1) is 0 Å². The van der Waals surface area contributed by atoms with E-state index in [-0.39, 0.29) is 232 Å². The van der Waals surface area contributed by atoms with Crippen molar-refractivity contribution in [2.45, 2.75) is 253 Å². The van der Waals surface area contributed by atoms with E-state index in [1.807, 2.05) is 44.1 Å². The van der Waals surface area contributed by atoms with Gasteiger partial charge in [0.25, 0.3) is 22.2 Å². The molecule has 4 aliphatic heterocycles. The summed E-state index contributed by atoms with van der Waals surface area (Å²) in [5, 5.41) is 17.0. The monoisotopic (exact) mass is 2100 g/mol. The van der Waals surface area contributed by atoms with Crippen LogP contribution in [0.5, 0.6) is 23.0 Å². The fourth-order valence-electron chi connectivity index (χ4n) is 16.2. The molecule has 12 heterocycles. The van der Waals surface area contributed by atoms with Crippen molar-refractivity contribution in [2.24, 2.45) is 28.2 Å². The number of sulfonamides is 4. The van der Waals surface area contributed by atoms with Crippen LogP contribution in [0.3, 0.4) is 0 Å². The topological polar surface area (TPSA) is 489 Å². The minimum Gasteiger partial charge on any atom is -0.493 e. The third kappa shape index (κ3) is 26.5. The summed E-state index contributed by atoms with van der Waals surface area (Å²) in [6.07, 6.45) is -10.5. The second kappa shape index (κ2) is 49.9. The molecule has 0 amide bonds.